The first kappa shape index (κ1) is 21.7. The van der Waals surface area contributed by atoms with Crippen LogP contribution in [0.5, 0.6) is 0 Å². The lowest BCUT2D eigenvalue weighted by atomic mass is 10.2. The van der Waals surface area contributed by atoms with Crippen LogP contribution >= 0.6 is 11.3 Å². The van der Waals surface area contributed by atoms with Crippen LogP contribution in [0.1, 0.15) is 16.8 Å². The molecule has 0 aliphatic heterocycles. The number of amides is 1. The van der Waals surface area contributed by atoms with Gasteiger partial charge in [0.25, 0.3) is 0 Å². The number of hydrogen-bond acceptors (Lipinski definition) is 5. The fourth-order valence-corrected chi connectivity index (χ4v) is 4.10. The van der Waals surface area contributed by atoms with Gasteiger partial charge in [0, 0.05) is 35.7 Å². The van der Waals surface area contributed by atoms with E-state index in [9.17, 15) is 13.2 Å². The van der Waals surface area contributed by atoms with Gasteiger partial charge in [0.15, 0.2) is 0 Å². The monoisotopic (exact) mass is 441 g/mol. The highest BCUT2D eigenvalue weighted by atomic mass is 32.2. The van der Waals surface area contributed by atoms with Crippen LogP contribution in [0.3, 0.4) is 0 Å². The number of thiazole rings is 1. The molecule has 1 amide bonds. The van der Waals surface area contributed by atoms with E-state index in [1.807, 2.05) is 5.38 Å². The quantitative estimate of drug-likeness (QED) is 0.520. The Morgan fingerprint density at radius 2 is 1.80 bits per heavy atom. The summed E-state index contributed by atoms with van der Waals surface area (Å²) in [6.45, 7) is 2.55. The topological polar surface area (TPSA) is 88.2 Å². The van der Waals surface area contributed by atoms with Crippen molar-refractivity contribution in [2.75, 3.05) is 17.5 Å². The zero-order valence-electron chi connectivity index (χ0n) is 16.8. The Labute approximate surface area is 180 Å². The van der Waals surface area contributed by atoms with Crippen LogP contribution in [0.4, 0.5) is 5.69 Å². The van der Waals surface area contributed by atoms with Crippen molar-refractivity contribution >= 4 is 39.0 Å². The smallest absolute Gasteiger partial charge is 0.244 e. The third-order valence-corrected chi connectivity index (χ3v) is 5.72. The second-order valence-corrected chi connectivity index (χ2v) is 9.49. The van der Waals surface area contributed by atoms with Crippen molar-refractivity contribution in [1.29, 1.82) is 0 Å². The predicted octanol–water partition coefficient (Wildman–Crippen LogP) is 3.86. The largest absolute Gasteiger partial charge is 0.352 e. The van der Waals surface area contributed by atoms with Crippen LogP contribution in [0, 0.1) is 6.92 Å². The summed E-state index contributed by atoms with van der Waals surface area (Å²) >= 11 is 1.60. The van der Waals surface area contributed by atoms with Crippen LogP contribution in [-0.2, 0) is 21.2 Å². The molecule has 0 atom stereocenters. The van der Waals surface area contributed by atoms with Gasteiger partial charge >= 0.3 is 0 Å². The number of aryl methyl sites for hydroxylation is 1. The van der Waals surface area contributed by atoms with Crippen molar-refractivity contribution in [1.82, 2.24) is 10.3 Å². The Bertz CT molecular complexity index is 1130. The maximum absolute atomic E-state index is 12.0. The molecule has 0 aliphatic carbocycles. The number of carbonyl (C=O) groups is 1. The van der Waals surface area contributed by atoms with E-state index in [4.69, 9.17) is 0 Å². The number of rotatable bonds is 8. The first-order chi connectivity index (χ1) is 14.3. The summed E-state index contributed by atoms with van der Waals surface area (Å²) in [5.41, 5.74) is 4.54. The number of anilines is 1. The van der Waals surface area contributed by atoms with E-state index < -0.39 is 10.0 Å². The highest BCUT2D eigenvalue weighted by molar-refractivity contribution is 7.92. The van der Waals surface area contributed by atoms with Gasteiger partial charge in [-0.2, -0.15) is 0 Å². The zero-order chi connectivity index (χ0) is 21.6. The van der Waals surface area contributed by atoms with Crippen LogP contribution in [0.25, 0.3) is 16.6 Å². The van der Waals surface area contributed by atoms with Gasteiger partial charge in [-0.05, 0) is 30.7 Å². The Morgan fingerprint density at radius 1 is 1.10 bits per heavy atom. The molecule has 0 bridgehead atoms. The van der Waals surface area contributed by atoms with Crippen molar-refractivity contribution < 1.29 is 13.2 Å². The maximum atomic E-state index is 12.0. The maximum Gasteiger partial charge on any atom is 0.244 e. The summed E-state index contributed by atoms with van der Waals surface area (Å²) in [4.78, 5) is 16.6. The third kappa shape index (κ3) is 6.82. The van der Waals surface area contributed by atoms with Gasteiger partial charge in [0.1, 0.15) is 5.01 Å². The molecule has 3 rings (SSSR count). The van der Waals surface area contributed by atoms with E-state index in [1.165, 1.54) is 11.6 Å². The molecule has 8 heteroatoms. The molecule has 0 radical (unpaired) electrons. The van der Waals surface area contributed by atoms with E-state index in [0.29, 0.717) is 18.7 Å². The lowest BCUT2D eigenvalue weighted by Crippen LogP contribution is -2.23. The van der Waals surface area contributed by atoms with Crippen LogP contribution < -0.4 is 10.0 Å². The predicted molar refractivity (Wildman–Crippen MR) is 123 cm³/mol. The van der Waals surface area contributed by atoms with E-state index in [2.05, 4.69) is 46.2 Å². The third-order valence-electron chi connectivity index (χ3n) is 4.17. The summed E-state index contributed by atoms with van der Waals surface area (Å²) in [5, 5.41) is 5.84. The Hall–Kier alpha value is -2.97. The Morgan fingerprint density at radius 3 is 2.47 bits per heavy atom. The number of nitrogens with one attached hydrogen (secondary N) is 2. The number of benzene rings is 2. The first-order valence-electron chi connectivity index (χ1n) is 9.34. The highest BCUT2D eigenvalue weighted by Gasteiger charge is 2.05. The number of hydrogen-bond donors (Lipinski definition) is 2. The van der Waals surface area contributed by atoms with Crippen molar-refractivity contribution in [3.8, 4) is 10.6 Å². The average molecular weight is 442 g/mol. The summed E-state index contributed by atoms with van der Waals surface area (Å²) < 4.78 is 24.8. The van der Waals surface area contributed by atoms with Gasteiger partial charge < -0.3 is 5.32 Å². The standard InChI is InChI=1S/C22H23N3O3S2/c1-16-3-8-18(9-4-16)22-24-20(15-29-22)13-14-23-21(26)12-7-17-5-10-19(11-6-17)25-30(2,27)28/h3-12,15,25H,13-14H2,1-2H3,(H,23,26)/b12-7+. The van der Waals surface area contributed by atoms with E-state index >= 15 is 0 Å². The van der Waals surface area contributed by atoms with Crippen LogP contribution in [0.2, 0.25) is 0 Å². The SMILES string of the molecule is Cc1ccc(-c2nc(CCNC(=O)/C=C/c3ccc(NS(C)(=O)=O)cc3)cs2)cc1. The summed E-state index contributed by atoms with van der Waals surface area (Å²) in [6, 6.07) is 15.0. The normalized spacial score (nSPS) is 11.5. The molecule has 0 aliphatic rings. The molecular weight excluding hydrogens is 418 g/mol. The van der Waals surface area contributed by atoms with E-state index in [-0.39, 0.29) is 5.91 Å². The summed E-state index contributed by atoms with van der Waals surface area (Å²) in [5.74, 6) is -0.192. The second kappa shape index (κ2) is 9.69. The molecule has 2 aromatic carbocycles. The highest BCUT2D eigenvalue weighted by Crippen LogP contribution is 2.24. The first-order valence-corrected chi connectivity index (χ1v) is 12.1. The fourth-order valence-electron chi connectivity index (χ4n) is 2.67. The fraction of sp³-hybridized carbons (Fsp3) is 0.182. The molecule has 0 saturated carbocycles. The minimum Gasteiger partial charge on any atom is -0.352 e. The molecule has 0 spiro atoms. The van der Waals surface area contributed by atoms with Crippen molar-refractivity contribution in [2.45, 2.75) is 13.3 Å². The lowest BCUT2D eigenvalue weighted by Gasteiger charge is -2.03. The molecule has 6 nitrogen and oxygen atoms in total. The Kier molecular flexibility index (Phi) is 7.02. The number of carbonyl (C=O) groups excluding carboxylic acids is 1. The number of aromatic nitrogens is 1. The molecule has 0 saturated heterocycles. The van der Waals surface area contributed by atoms with Gasteiger partial charge in [-0.15, -0.1) is 11.3 Å². The average Bonchev–Trinajstić information content (AvgIpc) is 3.16. The van der Waals surface area contributed by atoms with Crippen molar-refractivity contribution in [3.63, 3.8) is 0 Å². The molecule has 0 fully saturated rings. The van der Waals surface area contributed by atoms with Crippen molar-refractivity contribution in [3.05, 3.63) is 76.8 Å². The molecule has 156 valence electrons. The zero-order valence-corrected chi connectivity index (χ0v) is 18.4. The van der Waals surface area contributed by atoms with Crippen LogP contribution in [-0.4, -0.2) is 32.1 Å². The minimum atomic E-state index is -3.30. The van der Waals surface area contributed by atoms with Gasteiger partial charge in [0.05, 0.1) is 11.9 Å². The number of nitrogens with zero attached hydrogens (tertiary/aromatic N) is 1. The molecular formula is C22H23N3O3S2. The van der Waals surface area contributed by atoms with Gasteiger partial charge in [-0.25, -0.2) is 13.4 Å². The summed E-state index contributed by atoms with van der Waals surface area (Å²) in [7, 11) is -3.30. The molecule has 0 unspecified atom stereocenters. The van der Waals surface area contributed by atoms with Crippen molar-refractivity contribution in [2.24, 2.45) is 0 Å². The number of sulfonamides is 1. The van der Waals surface area contributed by atoms with E-state index in [0.717, 1.165) is 28.1 Å². The minimum absolute atomic E-state index is 0.192. The second-order valence-electron chi connectivity index (χ2n) is 6.88. The molecule has 1 heterocycles. The van der Waals surface area contributed by atoms with Crippen LogP contribution in [0.15, 0.2) is 60.0 Å². The lowest BCUT2D eigenvalue weighted by molar-refractivity contribution is -0.116. The molecule has 3 aromatic rings. The van der Waals surface area contributed by atoms with Gasteiger partial charge in [0.2, 0.25) is 15.9 Å². The molecule has 30 heavy (non-hydrogen) atoms. The molecule has 1 aromatic heterocycles. The van der Waals surface area contributed by atoms with Gasteiger partial charge in [-0.3, -0.25) is 9.52 Å². The Balaban J connectivity index is 1.46. The summed E-state index contributed by atoms with van der Waals surface area (Å²) in [6.07, 6.45) is 4.89. The molecule has 2 N–H and O–H groups in total. The van der Waals surface area contributed by atoms with E-state index in [1.54, 1.807) is 41.7 Å². The van der Waals surface area contributed by atoms with Gasteiger partial charge in [-0.1, -0.05) is 42.0 Å².